The van der Waals surface area contributed by atoms with Gasteiger partial charge in [0.15, 0.2) is 0 Å². The van der Waals surface area contributed by atoms with Crippen LogP contribution in [0.15, 0.2) is 60.7 Å². The van der Waals surface area contributed by atoms with Gasteiger partial charge in [0.1, 0.15) is 6.04 Å². The fourth-order valence-electron chi connectivity index (χ4n) is 5.12. The molecule has 7 nitrogen and oxygen atoms in total. The Morgan fingerprint density at radius 1 is 0.974 bits per heavy atom. The van der Waals surface area contributed by atoms with Crippen molar-refractivity contribution in [3.63, 3.8) is 0 Å². The van der Waals surface area contributed by atoms with Crippen molar-refractivity contribution >= 4 is 46.8 Å². The predicted molar refractivity (Wildman–Crippen MR) is 146 cm³/mol. The van der Waals surface area contributed by atoms with Crippen LogP contribution >= 0.6 is 23.2 Å². The summed E-state index contributed by atoms with van der Waals surface area (Å²) in [4.78, 5) is 55.6. The second-order valence-electron chi connectivity index (χ2n) is 9.60. The van der Waals surface area contributed by atoms with Crippen LogP contribution in [0, 0.1) is 11.8 Å². The van der Waals surface area contributed by atoms with E-state index in [2.05, 4.69) is 5.32 Å². The highest BCUT2D eigenvalue weighted by Gasteiger charge is 2.47. The number of likely N-dealkylation sites (N-methyl/N-ethyl adjacent to an activating group) is 1. The minimum Gasteiger partial charge on any atom is -0.355 e. The minimum absolute atomic E-state index is 0.0190. The summed E-state index contributed by atoms with van der Waals surface area (Å²) in [5.41, 5.74) is 1.61. The van der Waals surface area contributed by atoms with E-state index in [4.69, 9.17) is 23.2 Å². The summed E-state index contributed by atoms with van der Waals surface area (Å²) in [6.45, 7) is 2.32. The number of rotatable bonds is 10. The highest BCUT2D eigenvalue weighted by Crippen LogP contribution is 2.35. The van der Waals surface area contributed by atoms with Crippen LogP contribution in [0.3, 0.4) is 0 Å². The lowest BCUT2D eigenvalue weighted by Gasteiger charge is -2.32. The summed E-state index contributed by atoms with van der Waals surface area (Å²) < 4.78 is 0. The zero-order valence-corrected chi connectivity index (χ0v) is 22.8. The molecule has 0 radical (unpaired) electrons. The number of allylic oxidation sites excluding steroid dienone is 2. The third-order valence-corrected chi connectivity index (χ3v) is 7.85. The van der Waals surface area contributed by atoms with Gasteiger partial charge in [-0.05, 0) is 43.0 Å². The number of nitrogens with one attached hydrogen (secondary N) is 1. The zero-order chi connectivity index (χ0) is 27.2. The third kappa shape index (κ3) is 6.27. The second-order valence-corrected chi connectivity index (χ2v) is 10.4. The maximum absolute atomic E-state index is 13.7. The fourth-order valence-corrected chi connectivity index (χ4v) is 5.44. The van der Waals surface area contributed by atoms with Gasteiger partial charge in [-0.3, -0.25) is 24.1 Å². The zero-order valence-electron chi connectivity index (χ0n) is 21.2. The number of amides is 4. The quantitative estimate of drug-likeness (QED) is 0.347. The van der Waals surface area contributed by atoms with Crippen molar-refractivity contribution in [3.8, 4) is 0 Å². The number of benzene rings is 2. The van der Waals surface area contributed by atoms with Gasteiger partial charge >= 0.3 is 0 Å². The van der Waals surface area contributed by atoms with Gasteiger partial charge in [-0.25, -0.2) is 0 Å². The smallest absolute Gasteiger partial charge is 0.243 e. The molecule has 2 aliphatic rings. The van der Waals surface area contributed by atoms with E-state index < -0.39 is 6.04 Å². The van der Waals surface area contributed by atoms with E-state index >= 15 is 0 Å². The summed E-state index contributed by atoms with van der Waals surface area (Å²) >= 11 is 12.3. The van der Waals surface area contributed by atoms with Gasteiger partial charge < -0.3 is 10.2 Å². The van der Waals surface area contributed by atoms with Crippen molar-refractivity contribution in [1.82, 2.24) is 15.1 Å². The molecule has 1 aliphatic carbocycles. The van der Waals surface area contributed by atoms with Crippen molar-refractivity contribution in [1.29, 1.82) is 0 Å². The highest BCUT2D eigenvalue weighted by molar-refractivity contribution is 6.42. The van der Waals surface area contributed by atoms with E-state index in [9.17, 15) is 19.2 Å². The van der Waals surface area contributed by atoms with E-state index in [-0.39, 0.29) is 55.0 Å². The molecule has 9 heteroatoms. The standard InChI is InChI=1S/C29H31Cl2N3O4/c1-2-32-27(36)25(17-19-8-4-3-5-9-19)34(18-20-12-13-23(30)24(31)16-20)26(35)14-15-33-28(37)21-10-6-7-11-22(21)29(33)38/h3-9,12-13,16,21-22,25H,2,10-11,14-15,17-18H2,1H3,(H,32,36)/t21-,22+,25-/m0/s1. The number of imide groups is 1. The van der Waals surface area contributed by atoms with E-state index in [0.717, 1.165) is 5.56 Å². The molecule has 200 valence electrons. The van der Waals surface area contributed by atoms with Gasteiger partial charge in [0.05, 0.1) is 21.9 Å². The van der Waals surface area contributed by atoms with Gasteiger partial charge in [0.2, 0.25) is 23.6 Å². The van der Waals surface area contributed by atoms with Crippen LogP contribution in [0.4, 0.5) is 0 Å². The van der Waals surface area contributed by atoms with Crippen LogP contribution in [0.1, 0.15) is 37.3 Å². The van der Waals surface area contributed by atoms with Gasteiger partial charge in [-0.1, -0.05) is 71.8 Å². The van der Waals surface area contributed by atoms with Gasteiger partial charge in [0, 0.05) is 32.5 Å². The summed E-state index contributed by atoms with van der Waals surface area (Å²) in [5, 5.41) is 3.58. The Hall–Kier alpha value is -3.16. The second kappa shape index (κ2) is 12.6. The molecule has 0 unspecified atom stereocenters. The first-order valence-electron chi connectivity index (χ1n) is 12.8. The first-order valence-corrected chi connectivity index (χ1v) is 13.6. The largest absolute Gasteiger partial charge is 0.355 e. The molecule has 3 atom stereocenters. The first kappa shape index (κ1) is 27.9. The first-order chi connectivity index (χ1) is 18.3. The molecule has 0 aromatic heterocycles. The lowest BCUT2D eigenvalue weighted by Crippen LogP contribution is -2.51. The van der Waals surface area contributed by atoms with Crippen LogP contribution < -0.4 is 5.32 Å². The number of nitrogens with zero attached hydrogens (tertiary/aromatic N) is 2. The number of carbonyl (C=O) groups excluding carboxylic acids is 4. The predicted octanol–water partition coefficient (Wildman–Crippen LogP) is 4.41. The maximum atomic E-state index is 13.7. The summed E-state index contributed by atoms with van der Waals surface area (Å²) in [6.07, 6.45) is 5.16. The molecule has 2 aromatic rings. The Morgan fingerprint density at radius 3 is 2.24 bits per heavy atom. The van der Waals surface area contributed by atoms with Crippen LogP contribution in [-0.2, 0) is 32.1 Å². The van der Waals surface area contributed by atoms with E-state index in [1.165, 1.54) is 9.80 Å². The van der Waals surface area contributed by atoms with Crippen molar-refractivity contribution in [2.75, 3.05) is 13.1 Å². The Labute approximate surface area is 232 Å². The molecule has 4 rings (SSSR count). The molecule has 1 aliphatic heterocycles. The van der Waals surface area contributed by atoms with Crippen molar-refractivity contribution in [3.05, 3.63) is 81.9 Å². The molecule has 38 heavy (non-hydrogen) atoms. The van der Waals surface area contributed by atoms with Gasteiger partial charge in [-0.15, -0.1) is 0 Å². The van der Waals surface area contributed by atoms with Crippen LogP contribution in [0.25, 0.3) is 0 Å². The van der Waals surface area contributed by atoms with Crippen LogP contribution in [0.5, 0.6) is 0 Å². The molecule has 1 N–H and O–H groups in total. The lowest BCUT2D eigenvalue weighted by molar-refractivity contribution is -0.144. The molecule has 0 saturated carbocycles. The molecule has 0 bridgehead atoms. The summed E-state index contributed by atoms with van der Waals surface area (Å²) in [7, 11) is 0. The number of fused-ring (bicyclic) bond motifs is 1. The molecular formula is C29H31Cl2N3O4. The normalized spacial score (nSPS) is 19.3. The fraction of sp³-hybridized carbons (Fsp3) is 0.379. The van der Waals surface area contributed by atoms with Crippen molar-refractivity contribution in [2.45, 2.75) is 45.2 Å². The maximum Gasteiger partial charge on any atom is 0.243 e. The number of likely N-dealkylation sites (tertiary alicyclic amines) is 1. The molecule has 2 aromatic carbocycles. The number of hydrogen-bond acceptors (Lipinski definition) is 4. The van der Waals surface area contributed by atoms with Crippen molar-refractivity contribution in [2.24, 2.45) is 11.8 Å². The molecule has 1 saturated heterocycles. The van der Waals surface area contributed by atoms with Crippen LogP contribution in [-0.4, -0.2) is 52.6 Å². The Bertz CT molecular complexity index is 1210. The van der Waals surface area contributed by atoms with E-state index in [0.29, 0.717) is 41.4 Å². The molecule has 0 spiro atoms. The average Bonchev–Trinajstić information content (AvgIpc) is 3.16. The average molecular weight is 556 g/mol. The Balaban J connectivity index is 1.59. The molecule has 1 fully saturated rings. The summed E-state index contributed by atoms with van der Waals surface area (Å²) in [6, 6.07) is 13.7. The van der Waals surface area contributed by atoms with Gasteiger partial charge in [0.25, 0.3) is 0 Å². The Morgan fingerprint density at radius 2 is 1.63 bits per heavy atom. The van der Waals surface area contributed by atoms with Crippen molar-refractivity contribution < 1.29 is 19.2 Å². The molecule has 4 amide bonds. The number of hydrogen-bond donors (Lipinski definition) is 1. The van der Waals surface area contributed by atoms with Gasteiger partial charge in [-0.2, -0.15) is 0 Å². The van der Waals surface area contributed by atoms with E-state index in [1.54, 1.807) is 18.2 Å². The highest BCUT2D eigenvalue weighted by atomic mass is 35.5. The monoisotopic (exact) mass is 555 g/mol. The van der Waals surface area contributed by atoms with Crippen LogP contribution in [0.2, 0.25) is 10.0 Å². The molecule has 1 heterocycles. The topological polar surface area (TPSA) is 86.8 Å². The van der Waals surface area contributed by atoms with E-state index in [1.807, 2.05) is 49.4 Å². The lowest BCUT2D eigenvalue weighted by atomic mass is 9.85. The number of halogens is 2. The third-order valence-electron chi connectivity index (χ3n) is 7.11. The SMILES string of the molecule is CCNC(=O)[C@H](Cc1ccccc1)N(Cc1ccc(Cl)c(Cl)c1)C(=O)CCN1C(=O)[C@H]2CC=CC[C@H]2C1=O. The Kier molecular flexibility index (Phi) is 9.23. The summed E-state index contributed by atoms with van der Waals surface area (Å²) in [5.74, 6) is -1.77. The number of carbonyl (C=O) groups is 4. The minimum atomic E-state index is -0.809. The molecular weight excluding hydrogens is 525 g/mol.